The first-order valence-electron chi connectivity index (χ1n) is 5.93. The first-order chi connectivity index (χ1) is 7.70. The van der Waals surface area contributed by atoms with Crippen LogP contribution < -0.4 is 0 Å². The molecule has 2 unspecified atom stereocenters. The van der Waals surface area contributed by atoms with Crippen molar-refractivity contribution in [2.75, 3.05) is 13.7 Å². The van der Waals surface area contributed by atoms with Gasteiger partial charge in [-0.3, -0.25) is 9.59 Å². The van der Waals surface area contributed by atoms with E-state index in [0.717, 1.165) is 25.7 Å². The summed E-state index contributed by atoms with van der Waals surface area (Å²) in [6.07, 6.45) is 3.64. The molecular weight excluding hydrogens is 208 g/mol. The lowest BCUT2D eigenvalue weighted by Gasteiger charge is -2.16. The molecule has 1 rings (SSSR count). The second kappa shape index (κ2) is 6.63. The Morgan fingerprint density at radius 1 is 1.50 bits per heavy atom. The summed E-state index contributed by atoms with van der Waals surface area (Å²) in [6.45, 7) is 2.66. The topological polar surface area (TPSA) is 52.6 Å². The molecule has 1 saturated heterocycles. The summed E-state index contributed by atoms with van der Waals surface area (Å²) in [5.41, 5.74) is 0. The van der Waals surface area contributed by atoms with Gasteiger partial charge in [0.05, 0.1) is 7.11 Å². The maximum Gasteiger partial charge on any atom is 0.316 e. The highest BCUT2D eigenvalue weighted by molar-refractivity contribution is 6.01. The fraction of sp³-hybridized carbons (Fsp3) is 0.833. The number of carbonyl (C=O) groups excluding carboxylic acids is 2. The minimum Gasteiger partial charge on any atom is -0.468 e. The molecule has 0 aromatic heterocycles. The Morgan fingerprint density at radius 2 is 2.25 bits per heavy atom. The van der Waals surface area contributed by atoms with Crippen molar-refractivity contribution in [3.8, 4) is 0 Å². The van der Waals surface area contributed by atoms with Crippen LogP contribution in [0.2, 0.25) is 0 Å². The summed E-state index contributed by atoms with van der Waals surface area (Å²) in [7, 11) is 1.32. The minimum absolute atomic E-state index is 0.0993. The normalized spacial score (nSPS) is 21.8. The fourth-order valence-corrected chi connectivity index (χ4v) is 1.95. The van der Waals surface area contributed by atoms with Gasteiger partial charge in [-0.25, -0.2) is 0 Å². The maximum absolute atomic E-state index is 12.0. The first-order valence-corrected chi connectivity index (χ1v) is 5.93. The van der Waals surface area contributed by atoms with Crippen LogP contribution >= 0.6 is 0 Å². The van der Waals surface area contributed by atoms with E-state index in [4.69, 9.17) is 4.74 Å². The van der Waals surface area contributed by atoms with E-state index >= 15 is 0 Å². The van der Waals surface area contributed by atoms with Gasteiger partial charge < -0.3 is 9.47 Å². The Hall–Kier alpha value is -0.900. The van der Waals surface area contributed by atoms with Crippen LogP contribution in [-0.4, -0.2) is 31.6 Å². The summed E-state index contributed by atoms with van der Waals surface area (Å²) in [6, 6.07) is 0. The number of esters is 1. The van der Waals surface area contributed by atoms with E-state index < -0.39 is 11.9 Å². The molecule has 0 bridgehead atoms. The van der Waals surface area contributed by atoms with Gasteiger partial charge in [0.2, 0.25) is 0 Å². The molecule has 0 saturated carbocycles. The van der Waals surface area contributed by atoms with Gasteiger partial charge in [0.1, 0.15) is 12.0 Å². The molecule has 0 aliphatic carbocycles. The molecule has 1 heterocycles. The van der Waals surface area contributed by atoms with E-state index in [1.54, 1.807) is 0 Å². The Morgan fingerprint density at radius 3 is 2.75 bits per heavy atom. The second-order valence-corrected chi connectivity index (χ2v) is 4.12. The smallest absolute Gasteiger partial charge is 0.316 e. The van der Waals surface area contributed by atoms with Crippen molar-refractivity contribution in [1.82, 2.24) is 0 Å². The zero-order valence-electron chi connectivity index (χ0n) is 10.0. The van der Waals surface area contributed by atoms with Crippen molar-refractivity contribution in [2.45, 2.75) is 45.1 Å². The van der Waals surface area contributed by atoms with Crippen molar-refractivity contribution in [3.63, 3.8) is 0 Å². The summed E-state index contributed by atoms with van der Waals surface area (Å²) in [4.78, 5) is 23.5. The Labute approximate surface area is 96.3 Å². The van der Waals surface area contributed by atoms with Gasteiger partial charge in [-0.05, 0) is 19.3 Å². The Balaban J connectivity index is 2.59. The molecule has 0 aromatic carbocycles. The van der Waals surface area contributed by atoms with Crippen LogP contribution in [0.15, 0.2) is 0 Å². The van der Waals surface area contributed by atoms with Gasteiger partial charge in [-0.1, -0.05) is 19.8 Å². The molecule has 0 spiro atoms. The zero-order chi connectivity index (χ0) is 12.0. The van der Waals surface area contributed by atoms with Crippen LogP contribution in [0, 0.1) is 5.92 Å². The van der Waals surface area contributed by atoms with E-state index in [9.17, 15) is 9.59 Å². The zero-order valence-corrected chi connectivity index (χ0v) is 10.0. The van der Waals surface area contributed by atoms with Crippen LogP contribution in [0.3, 0.4) is 0 Å². The third kappa shape index (κ3) is 3.30. The summed E-state index contributed by atoms with van der Waals surface area (Å²) >= 11 is 0. The first kappa shape index (κ1) is 13.2. The van der Waals surface area contributed by atoms with Gasteiger partial charge in [0.15, 0.2) is 5.78 Å². The number of ether oxygens (including phenoxy) is 2. The van der Waals surface area contributed by atoms with Crippen LogP contribution in [0.1, 0.15) is 39.0 Å². The summed E-state index contributed by atoms with van der Waals surface area (Å²) in [5.74, 6) is -1.15. The monoisotopic (exact) mass is 228 g/mol. The molecule has 2 atom stereocenters. The molecule has 0 amide bonds. The highest BCUT2D eigenvalue weighted by Gasteiger charge is 2.34. The highest BCUT2D eigenvalue weighted by Crippen LogP contribution is 2.21. The van der Waals surface area contributed by atoms with E-state index in [1.165, 1.54) is 7.11 Å². The lowest BCUT2D eigenvalue weighted by atomic mass is 9.93. The van der Waals surface area contributed by atoms with Crippen molar-refractivity contribution in [3.05, 3.63) is 0 Å². The Bertz CT molecular complexity index is 243. The average molecular weight is 228 g/mol. The molecule has 0 radical (unpaired) electrons. The number of hydrogen-bond acceptors (Lipinski definition) is 4. The van der Waals surface area contributed by atoms with E-state index in [-0.39, 0.29) is 11.9 Å². The quantitative estimate of drug-likeness (QED) is 0.513. The predicted octanol–water partition coefficient (Wildman–Crippen LogP) is 1.71. The number of Topliss-reactive ketones (excluding diaryl/α,β-unsaturated/α-hetero) is 1. The van der Waals surface area contributed by atoms with Gasteiger partial charge in [0, 0.05) is 6.61 Å². The van der Waals surface area contributed by atoms with Crippen molar-refractivity contribution < 1.29 is 19.1 Å². The third-order valence-electron chi connectivity index (χ3n) is 2.92. The molecule has 0 aromatic rings. The Kier molecular flexibility index (Phi) is 5.46. The van der Waals surface area contributed by atoms with Crippen LogP contribution in [0.25, 0.3) is 0 Å². The van der Waals surface area contributed by atoms with Crippen molar-refractivity contribution in [2.24, 2.45) is 5.92 Å². The van der Waals surface area contributed by atoms with E-state index in [1.807, 2.05) is 6.92 Å². The number of carbonyl (C=O) groups is 2. The molecule has 1 fully saturated rings. The number of methoxy groups -OCH3 is 1. The van der Waals surface area contributed by atoms with E-state index in [2.05, 4.69) is 4.74 Å². The third-order valence-corrected chi connectivity index (χ3v) is 2.92. The maximum atomic E-state index is 12.0. The highest BCUT2D eigenvalue weighted by atomic mass is 16.5. The molecular formula is C12H20O4. The lowest BCUT2D eigenvalue weighted by molar-refractivity contribution is -0.152. The van der Waals surface area contributed by atoms with Crippen LogP contribution in [0.5, 0.6) is 0 Å². The molecule has 16 heavy (non-hydrogen) atoms. The molecule has 92 valence electrons. The van der Waals surface area contributed by atoms with Crippen LogP contribution in [0.4, 0.5) is 0 Å². The summed E-state index contributed by atoms with van der Waals surface area (Å²) in [5, 5.41) is 0. The number of ketones is 1. The van der Waals surface area contributed by atoms with Gasteiger partial charge in [0.25, 0.3) is 0 Å². The number of hydrogen-bond donors (Lipinski definition) is 0. The fourth-order valence-electron chi connectivity index (χ4n) is 1.95. The average Bonchev–Trinajstić information content (AvgIpc) is 2.82. The second-order valence-electron chi connectivity index (χ2n) is 4.12. The van der Waals surface area contributed by atoms with Gasteiger partial charge in [-0.2, -0.15) is 0 Å². The largest absolute Gasteiger partial charge is 0.468 e. The van der Waals surface area contributed by atoms with Gasteiger partial charge in [-0.15, -0.1) is 0 Å². The lowest BCUT2D eigenvalue weighted by Crippen LogP contribution is -2.33. The SMILES string of the molecule is CCCCC(C(=O)OC)C(=O)C1CCCO1. The standard InChI is InChI=1S/C12H20O4/c1-3-4-6-9(12(14)15-2)11(13)10-7-5-8-16-10/h9-10H,3-8H2,1-2H3. The predicted molar refractivity (Wildman–Crippen MR) is 59.0 cm³/mol. The molecule has 1 aliphatic rings. The molecule has 4 nitrogen and oxygen atoms in total. The van der Waals surface area contributed by atoms with Crippen molar-refractivity contribution in [1.29, 1.82) is 0 Å². The number of unbranched alkanes of at least 4 members (excludes halogenated alkanes) is 1. The van der Waals surface area contributed by atoms with Gasteiger partial charge >= 0.3 is 5.97 Å². The molecule has 4 heteroatoms. The number of rotatable bonds is 6. The minimum atomic E-state index is -0.631. The van der Waals surface area contributed by atoms with E-state index in [0.29, 0.717) is 13.0 Å². The van der Waals surface area contributed by atoms with Crippen molar-refractivity contribution >= 4 is 11.8 Å². The molecule has 0 N–H and O–H groups in total. The molecule has 1 aliphatic heterocycles. The van der Waals surface area contributed by atoms with Crippen LogP contribution in [-0.2, 0) is 19.1 Å². The summed E-state index contributed by atoms with van der Waals surface area (Å²) < 4.78 is 9.99.